The SMILES string of the molecule is CCc1nc(CSc2nnnn2CC(OC)OC)no1. The Morgan fingerprint density at radius 2 is 2.15 bits per heavy atom. The molecule has 0 N–H and O–H groups in total. The number of nitrogens with zero attached hydrogens (tertiary/aromatic N) is 6. The van der Waals surface area contributed by atoms with Crippen molar-refractivity contribution in [1.29, 1.82) is 0 Å². The molecule has 2 rings (SSSR count). The Balaban J connectivity index is 1.94. The summed E-state index contributed by atoms with van der Waals surface area (Å²) in [6, 6.07) is 0. The number of tetrazole rings is 1. The van der Waals surface area contributed by atoms with E-state index in [1.54, 1.807) is 18.9 Å². The van der Waals surface area contributed by atoms with Crippen LogP contribution < -0.4 is 0 Å². The molecule has 0 saturated carbocycles. The molecule has 0 fully saturated rings. The van der Waals surface area contributed by atoms with Crippen LogP contribution in [0.15, 0.2) is 9.68 Å². The van der Waals surface area contributed by atoms with Crippen molar-refractivity contribution in [3.63, 3.8) is 0 Å². The Kier molecular flexibility index (Phi) is 5.44. The zero-order chi connectivity index (χ0) is 14.4. The van der Waals surface area contributed by atoms with Crippen molar-refractivity contribution in [3.8, 4) is 0 Å². The molecule has 0 atom stereocenters. The van der Waals surface area contributed by atoms with Crippen LogP contribution in [0.2, 0.25) is 0 Å². The Morgan fingerprint density at radius 3 is 2.80 bits per heavy atom. The molecule has 2 aromatic rings. The van der Waals surface area contributed by atoms with Crippen LogP contribution in [-0.4, -0.2) is 50.9 Å². The summed E-state index contributed by atoms with van der Waals surface area (Å²) in [6.45, 7) is 2.37. The molecule has 2 aromatic heterocycles. The summed E-state index contributed by atoms with van der Waals surface area (Å²) in [6.07, 6.45) is 0.327. The summed E-state index contributed by atoms with van der Waals surface area (Å²) < 4.78 is 16.9. The fourth-order valence-corrected chi connectivity index (χ4v) is 2.15. The van der Waals surface area contributed by atoms with Gasteiger partial charge in [-0.25, -0.2) is 4.68 Å². The third-order valence-corrected chi connectivity index (χ3v) is 3.44. The Labute approximate surface area is 120 Å². The van der Waals surface area contributed by atoms with Crippen LogP contribution in [-0.2, 0) is 28.2 Å². The quantitative estimate of drug-likeness (QED) is 0.510. The first-order chi connectivity index (χ1) is 9.76. The molecule has 0 spiro atoms. The molecular formula is C10H16N6O3S. The predicted octanol–water partition coefficient (Wildman–Crippen LogP) is 0.530. The third kappa shape index (κ3) is 3.74. The van der Waals surface area contributed by atoms with Crippen LogP contribution >= 0.6 is 11.8 Å². The van der Waals surface area contributed by atoms with Gasteiger partial charge in [0, 0.05) is 20.6 Å². The molecule has 0 bridgehead atoms. The van der Waals surface area contributed by atoms with Gasteiger partial charge >= 0.3 is 0 Å². The van der Waals surface area contributed by atoms with E-state index < -0.39 is 6.29 Å². The fourth-order valence-electron chi connectivity index (χ4n) is 1.42. The summed E-state index contributed by atoms with van der Waals surface area (Å²) in [5.74, 6) is 1.78. The molecule has 0 aliphatic rings. The van der Waals surface area contributed by atoms with Crippen LogP contribution in [0, 0.1) is 0 Å². The first kappa shape index (κ1) is 14.9. The van der Waals surface area contributed by atoms with Gasteiger partial charge in [0.1, 0.15) is 0 Å². The molecule has 0 unspecified atom stereocenters. The molecule has 0 aromatic carbocycles. The maximum Gasteiger partial charge on any atom is 0.226 e. The Morgan fingerprint density at radius 1 is 1.35 bits per heavy atom. The molecular weight excluding hydrogens is 284 g/mol. The maximum atomic E-state index is 5.12. The summed E-state index contributed by atoms with van der Waals surface area (Å²) in [4.78, 5) is 4.23. The van der Waals surface area contributed by atoms with Crippen molar-refractivity contribution in [2.24, 2.45) is 0 Å². The van der Waals surface area contributed by atoms with E-state index in [1.165, 1.54) is 11.8 Å². The van der Waals surface area contributed by atoms with E-state index in [0.29, 0.717) is 29.2 Å². The first-order valence-electron chi connectivity index (χ1n) is 6.02. The van der Waals surface area contributed by atoms with Gasteiger partial charge in [0.25, 0.3) is 0 Å². The third-order valence-electron chi connectivity index (χ3n) is 2.49. The van der Waals surface area contributed by atoms with E-state index in [0.717, 1.165) is 6.42 Å². The highest BCUT2D eigenvalue weighted by Gasteiger charge is 2.14. The van der Waals surface area contributed by atoms with Gasteiger partial charge in [0.15, 0.2) is 12.1 Å². The number of aromatic nitrogens is 6. The molecule has 0 saturated heterocycles. The highest BCUT2D eigenvalue weighted by molar-refractivity contribution is 7.98. The van der Waals surface area contributed by atoms with Crippen LogP contribution in [0.3, 0.4) is 0 Å². The van der Waals surface area contributed by atoms with E-state index in [2.05, 4.69) is 25.7 Å². The van der Waals surface area contributed by atoms with E-state index >= 15 is 0 Å². The summed E-state index contributed by atoms with van der Waals surface area (Å²) in [5.41, 5.74) is 0. The number of rotatable bonds is 8. The normalized spacial score (nSPS) is 11.4. The number of aryl methyl sites for hydroxylation is 1. The van der Waals surface area contributed by atoms with Crippen molar-refractivity contribution < 1.29 is 14.0 Å². The Hall–Kier alpha value is -1.52. The molecule has 0 aliphatic heterocycles. The average Bonchev–Trinajstić information content (AvgIpc) is 3.11. The zero-order valence-electron chi connectivity index (χ0n) is 11.5. The lowest BCUT2D eigenvalue weighted by Gasteiger charge is -2.13. The first-order valence-corrected chi connectivity index (χ1v) is 7.01. The van der Waals surface area contributed by atoms with Gasteiger partial charge in [-0.1, -0.05) is 23.8 Å². The zero-order valence-corrected chi connectivity index (χ0v) is 12.3. The molecule has 0 amide bonds. The van der Waals surface area contributed by atoms with Crippen molar-refractivity contribution >= 4 is 11.8 Å². The summed E-state index contributed by atoms with van der Waals surface area (Å²) in [5, 5.41) is 16.0. The van der Waals surface area contributed by atoms with Crippen LogP contribution in [0.1, 0.15) is 18.6 Å². The topological polar surface area (TPSA) is 101 Å². The average molecular weight is 300 g/mol. The number of ether oxygens (including phenoxy) is 2. The number of hydrogen-bond donors (Lipinski definition) is 0. The molecule has 0 radical (unpaired) electrons. The molecule has 20 heavy (non-hydrogen) atoms. The lowest BCUT2D eigenvalue weighted by molar-refractivity contribution is -0.113. The summed E-state index contributed by atoms with van der Waals surface area (Å²) >= 11 is 1.42. The number of methoxy groups -OCH3 is 2. The van der Waals surface area contributed by atoms with Crippen LogP contribution in [0.5, 0.6) is 0 Å². The fraction of sp³-hybridized carbons (Fsp3) is 0.700. The highest BCUT2D eigenvalue weighted by Crippen LogP contribution is 2.18. The lowest BCUT2D eigenvalue weighted by atomic mass is 10.5. The molecule has 110 valence electrons. The smallest absolute Gasteiger partial charge is 0.226 e. The second-order valence-corrected chi connectivity index (χ2v) is 4.73. The van der Waals surface area contributed by atoms with Gasteiger partial charge in [0.05, 0.1) is 12.3 Å². The van der Waals surface area contributed by atoms with Gasteiger partial charge in [-0.15, -0.1) is 5.10 Å². The van der Waals surface area contributed by atoms with Crippen molar-refractivity contribution in [2.45, 2.75) is 37.1 Å². The summed E-state index contributed by atoms with van der Waals surface area (Å²) in [7, 11) is 3.13. The molecule has 10 heteroatoms. The van der Waals surface area contributed by atoms with Gasteiger partial charge in [-0.05, 0) is 10.4 Å². The minimum Gasteiger partial charge on any atom is -0.354 e. The van der Waals surface area contributed by atoms with Gasteiger partial charge in [0.2, 0.25) is 11.0 Å². The molecule has 9 nitrogen and oxygen atoms in total. The van der Waals surface area contributed by atoms with E-state index in [9.17, 15) is 0 Å². The van der Waals surface area contributed by atoms with Crippen molar-refractivity contribution in [2.75, 3.05) is 14.2 Å². The van der Waals surface area contributed by atoms with Gasteiger partial charge < -0.3 is 14.0 Å². The lowest BCUT2D eigenvalue weighted by Crippen LogP contribution is -2.21. The van der Waals surface area contributed by atoms with E-state index in [1.807, 2.05) is 6.92 Å². The highest BCUT2D eigenvalue weighted by atomic mass is 32.2. The van der Waals surface area contributed by atoms with E-state index in [4.69, 9.17) is 14.0 Å². The second-order valence-electron chi connectivity index (χ2n) is 3.79. The standard InChI is InChI=1S/C10H16N6O3S/c1-4-8-11-7(13-19-8)6-20-10-12-14-15-16(10)5-9(17-2)18-3/h9H,4-6H2,1-3H3. The molecule has 0 aliphatic carbocycles. The maximum absolute atomic E-state index is 5.12. The largest absolute Gasteiger partial charge is 0.354 e. The van der Waals surface area contributed by atoms with Crippen molar-refractivity contribution in [1.82, 2.24) is 30.3 Å². The van der Waals surface area contributed by atoms with Gasteiger partial charge in [-0.2, -0.15) is 4.98 Å². The van der Waals surface area contributed by atoms with Gasteiger partial charge in [-0.3, -0.25) is 0 Å². The van der Waals surface area contributed by atoms with Crippen LogP contribution in [0.4, 0.5) is 0 Å². The van der Waals surface area contributed by atoms with E-state index in [-0.39, 0.29) is 0 Å². The van der Waals surface area contributed by atoms with Crippen molar-refractivity contribution in [3.05, 3.63) is 11.7 Å². The minimum absolute atomic E-state index is 0.394. The molecule has 2 heterocycles. The number of hydrogen-bond acceptors (Lipinski definition) is 9. The minimum atomic E-state index is -0.394. The predicted molar refractivity (Wildman–Crippen MR) is 68.9 cm³/mol. The Bertz CT molecular complexity index is 527. The van der Waals surface area contributed by atoms with Crippen LogP contribution in [0.25, 0.3) is 0 Å². The second kappa shape index (κ2) is 7.31. The monoisotopic (exact) mass is 300 g/mol. The number of thioether (sulfide) groups is 1.